The number of benzene rings is 1. The van der Waals surface area contributed by atoms with Crippen LogP contribution in [0.25, 0.3) is 0 Å². The number of aromatic hydroxyl groups is 2. The zero-order valence-corrected chi connectivity index (χ0v) is 12.7. The molecule has 1 atom stereocenters. The van der Waals surface area contributed by atoms with Gasteiger partial charge >= 0.3 is 5.97 Å². The second-order valence-corrected chi connectivity index (χ2v) is 6.18. The Bertz CT molecular complexity index is 561. The molecule has 18 heavy (non-hydrogen) atoms. The van der Waals surface area contributed by atoms with E-state index in [1.807, 2.05) is 0 Å². The molecule has 0 bridgehead atoms. The lowest BCUT2D eigenvalue weighted by Gasteiger charge is -2.12. The number of carbonyl (C=O) groups is 1. The maximum Gasteiger partial charge on any atom is 0.360 e. The first-order valence-corrected chi connectivity index (χ1v) is 7.32. The molecule has 1 aromatic rings. The van der Waals surface area contributed by atoms with Crippen LogP contribution in [0.15, 0.2) is 20.0 Å². The van der Waals surface area contributed by atoms with Gasteiger partial charge in [-0.25, -0.2) is 4.79 Å². The third-order valence-electron chi connectivity index (χ3n) is 2.39. The lowest BCUT2D eigenvalue weighted by atomic mass is 10.1. The summed E-state index contributed by atoms with van der Waals surface area (Å²) in [6.45, 7) is 0. The molecule has 5 nitrogen and oxygen atoms in total. The van der Waals surface area contributed by atoms with Crippen LogP contribution in [0.5, 0.6) is 11.5 Å². The van der Waals surface area contributed by atoms with Crippen LogP contribution in [-0.4, -0.2) is 32.1 Å². The summed E-state index contributed by atoms with van der Waals surface area (Å²) in [6, 6.07) is 1.10. The van der Waals surface area contributed by atoms with Gasteiger partial charge < -0.3 is 15.3 Å². The number of hydrogen-bond donors (Lipinski definition) is 3. The standard InChI is InChI=1S/C10H7Br2NO4S/c11-4-1-3(7(14)6(12)8(4)15)5-2-18-9(13-5)10(16)17/h1,5,14-15H,2H2,(H,16,17). The summed E-state index contributed by atoms with van der Waals surface area (Å²) in [6.07, 6.45) is 0. The van der Waals surface area contributed by atoms with E-state index in [1.165, 1.54) is 6.07 Å². The molecule has 0 fully saturated rings. The third-order valence-corrected chi connectivity index (χ3v) is 4.78. The maximum atomic E-state index is 10.8. The predicted octanol–water partition coefficient (Wildman–Crippen LogP) is 2.89. The number of hydrogen-bond acceptors (Lipinski definition) is 5. The van der Waals surface area contributed by atoms with E-state index >= 15 is 0 Å². The lowest BCUT2D eigenvalue weighted by molar-refractivity contribution is -0.129. The van der Waals surface area contributed by atoms with Crippen LogP contribution < -0.4 is 0 Å². The fourth-order valence-corrected chi connectivity index (χ4v) is 3.57. The van der Waals surface area contributed by atoms with Crippen LogP contribution in [0.2, 0.25) is 0 Å². The Kier molecular flexibility index (Phi) is 3.88. The summed E-state index contributed by atoms with van der Waals surface area (Å²) in [5.74, 6) is -0.862. The molecule has 0 saturated carbocycles. The van der Waals surface area contributed by atoms with Crippen molar-refractivity contribution in [2.45, 2.75) is 6.04 Å². The number of phenols is 2. The molecule has 1 aliphatic heterocycles. The molecular weight excluding hydrogens is 390 g/mol. The molecule has 0 aliphatic carbocycles. The first-order chi connectivity index (χ1) is 8.41. The van der Waals surface area contributed by atoms with E-state index in [1.54, 1.807) is 0 Å². The van der Waals surface area contributed by atoms with Gasteiger partial charge in [0.1, 0.15) is 16.0 Å². The first kappa shape index (κ1) is 13.7. The summed E-state index contributed by atoms with van der Waals surface area (Å²) < 4.78 is 0.571. The van der Waals surface area contributed by atoms with Crippen molar-refractivity contribution in [2.24, 2.45) is 4.99 Å². The van der Waals surface area contributed by atoms with Crippen LogP contribution in [0.4, 0.5) is 0 Å². The average molecular weight is 397 g/mol. The van der Waals surface area contributed by atoms with Gasteiger partial charge in [0.05, 0.1) is 10.5 Å². The quantitative estimate of drug-likeness (QED) is 0.715. The number of phenolic OH excluding ortho intramolecular Hbond substituents is 2. The van der Waals surface area contributed by atoms with Crippen molar-refractivity contribution in [3.05, 3.63) is 20.6 Å². The zero-order valence-electron chi connectivity index (χ0n) is 8.72. The smallest absolute Gasteiger partial charge is 0.360 e. The van der Waals surface area contributed by atoms with E-state index in [9.17, 15) is 15.0 Å². The number of carboxylic acids is 1. The van der Waals surface area contributed by atoms with Gasteiger partial charge in [0, 0.05) is 11.3 Å². The molecule has 0 spiro atoms. The van der Waals surface area contributed by atoms with E-state index < -0.39 is 12.0 Å². The minimum atomic E-state index is -1.07. The van der Waals surface area contributed by atoms with Crippen LogP contribution in [0, 0.1) is 0 Å². The van der Waals surface area contributed by atoms with Gasteiger partial charge in [0.25, 0.3) is 0 Å². The Morgan fingerprint density at radius 2 is 2.06 bits per heavy atom. The van der Waals surface area contributed by atoms with E-state index in [2.05, 4.69) is 36.9 Å². The van der Waals surface area contributed by atoms with Crippen LogP contribution >= 0.6 is 43.6 Å². The fraction of sp³-hybridized carbons (Fsp3) is 0.200. The molecular formula is C10H7Br2NO4S. The van der Waals surface area contributed by atoms with Crippen molar-refractivity contribution in [1.82, 2.24) is 0 Å². The predicted molar refractivity (Wildman–Crippen MR) is 75.4 cm³/mol. The Labute approximate surface area is 123 Å². The van der Waals surface area contributed by atoms with Gasteiger partial charge in [-0.1, -0.05) is 11.8 Å². The van der Waals surface area contributed by atoms with Gasteiger partial charge in [-0.05, 0) is 37.9 Å². The number of thioether (sulfide) groups is 1. The second kappa shape index (κ2) is 5.10. The van der Waals surface area contributed by atoms with Crippen molar-refractivity contribution in [3.8, 4) is 11.5 Å². The Balaban J connectivity index is 2.45. The number of halogens is 2. The Hall–Kier alpha value is -0.730. The molecule has 1 heterocycles. The van der Waals surface area contributed by atoms with E-state index in [0.29, 0.717) is 15.8 Å². The van der Waals surface area contributed by atoms with Crippen molar-refractivity contribution in [1.29, 1.82) is 0 Å². The van der Waals surface area contributed by atoms with Crippen molar-refractivity contribution >= 4 is 54.6 Å². The molecule has 0 aromatic heterocycles. The highest BCUT2D eigenvalue weighted by Crippen LogP contribution is 2.45. The zero-order chi connectivity index (χ0) is 13.4. The molecule has 8 heteroatoms. The molecule has 1 aliphatic rings. The number of rotatable bonds is 2. The third kappa shape index (κ3) is 2.36. The highest BCUT2D eigenvalue weighted by Gasteiger charge is 2.28. The average Bonchev–Trinajstić information content (AvgIpc) is 2.80. The SMILES string of the molecule is O=C(O)C1=NC(c2cc(Br)c(O)c(Br)c2O)CS1. The van der Waals surface area contributed by atoms with Crippen molar-refractivity contribution in [2.75, 3.05) is 5.75 Å². The molecule has 3 N–H and O–H groups in total. The van der Waals surface area contributed by atoms with E-state index in [4.69, 9.17) is 5.11 Å². The summed E-state index contributed by atoms with van der Waals surface area (Å²) in [4.78, 5) is 14.8. The van der Waals surface area contributed by atoms with Crippen LogP contribution in [0.3, 0.4) is 0 Å². The van der Waals surface area contributed by atoms with Crippen molar-refractivity contribution < 1.29 is 20.1 Å². The molecule has 96 valence electrons. The normalized spacial score (nSPS) is 18.8. The van der Waals surface area contributed by atoms with E-state index in [-0.39, 0.29) is 21.0 Å². The van der Waals surface area contributed by atoms with Gasteiger partial charge in [-0.2, -0.15) is 0 Å². The summed E-state index contributed by atoms with van der Waals surface area (Å²) >= 11 is 7.35. The number of nitrogens with zero attached hydrogens (tertiary/aromatic N) is 1. The van der Waals surface area contributed by atoms with Crippen LogP contribution in [-0.2, 0) is 4.79 Å². The molecule has 1 unspecified atom stereocenters. The van der Waals surface area contributed by atoms with Crippen LogP contribution in [0.1, 0.15) is 11.6 Å². The van der Waals surface area contributed by atoms with Gasteiger partial charge in [0.2, 0.25) is 0 Å². The Morgan fingerprint density at radius 1 is 1.39 bits per heavy atom. The van der Waals surface area contributed by atoms with Gasteiger partial charge in [-0.15, -0.1) is 0 Å². The summed E-state index contributed by atoms with van der Waals surface area (Å²) in [5, 5.41) is 28.4. The monoisotopic (exact) mass is 395 g/mol. The second-order valence-electron chi connectivity index (χ2n) is 3.53. The molecule has 0 radical (unpaired) electrons. The minimum Gasteiger partial charge on any atom is -0.506 e. The highest BCUT2D eigenvalue weighted by molar-refractivity contribution is 9.11. The molecule has 0 amide bonds. The lowest BCUT2D eigenvalue weighted by Crippen LogP contribution is -2.05. The number of aliphatic carboxylic acids is 1. The van der Waals surface area contributed by atoms with Crippen molar-refractivity contribution in [3.63, 3.8) is 0 Å². The largest absolute Gasteiger partial charge is 0.506 e. The molecule has 2 rings (SSSR count). The molecule has 1 aromatic carbocycles. The summed E-state index contributed by atoms with van der Waals surface area (Å²) in [7, 11) is 0. The summed E-state index contributed by atoms with van der Waals surface area (Å²) in [5.41, 5.74) is 0.468. The fourth-order valence-electron chi connectivity index (χ4n) is 1.52. The number of aliphatic imine (C=N–C) groups is 1. The van der Waals surface area contributed by atoms with E-state index in [0.717, 1.165) is 11.8 Å². The maximum absolute atomic E-state index is 10.8. The van der Waals surface area contributed by atoms with Gasteiger partial charge in [0.15, 0.2) is 5.04 Å². The number of carboxylic acid groups (broad SMARTS) is 1. The van der Waals surface area contributed by atoms with Gasteiger partial charge in [-0.3, -0.25) is 4.99 Å². The first-order valence-electron chi connectivity index (χ1n) is 4.75. The topological polar surface area (TPSA) is 90.1 Å². The Morgan fingerprint density at radius 3 is 2.61 bits per heavy atom. The highest BCUT2D eigenvalue weighted by atomic mass is 79.9. The molecule has 0 saturated heterocycles. The minimum absolute atomic E-state index is 0.0275.